The zero-order valence-electron chi connectivity index (χ0n) is 18.4. The van der Waals surface area contributed by atoms with E-state index in [4.69, 9.17) is 37.9 Å². The van der Waals surface area contributed by atoms with Crippen molar-refractivity contribution in [3.05, 3.63) is 0 Å². The van der Waals surface area contributed by atoms with Crippen LogP contribution in [0.15, 0.2) is 0 Å². The first-order chi connectivity index (χ1) is 14.7. The molecule has 0 aliphatic rings. The molecule has 0 bridgehead atoms. The molecule has 0 saturated heterocycles. The SMILES string of the molecule is CCOC(=O)CCOCCOCCOCCOCCOCCOCCC(=O)OCC. The first-order valence-corrected chi connectivity index (χ1v) is 10.5. The molecule has 0 spiro atoms. The van der Waals surface area contributed by atoms with Crippen molar-refractivity contribution in [3.8, 4) is 0 Å². The van der Waals surface area contributed by atoms with E-state index in [2.05, 4.69) is 0 Å². The van der Waals surface area contributed by atoms with Gasteiger partial charge >= 0.3 is 11.9 Å². The van der Waals surface area contributed by atoms with Crippen LogP contribution in [-0.4, -0.2) is 104 Å². The van der Waals surface area contributed by atoms with Gasteiger partial charge < -0.3 is 37.9 Å². The molecule has 0 rings (SSSR count). The van der Waals surface area contributed by atoms with Gasteiger partial charge in [0, 0.05) is 0 Å². The molecular weight excluding hydrogens is 400 g/mol. The predicted molar refractivity (Wildman–Crippen MR) is 107 cm³/mol. The molecule has 0 unspecified atom stereocenters. The average molecular weight is 439 g/mol. The lowest BCUT2D eigenvalue weighted by Crippen LogP contribution is -2.15. The van der Waals surface area contributed by atoms with Crippen molar-refractivity contribution in [2.45, 2.75) is 26.7 Å². The van der Waals surface area contributed by atoms with Gasteiger partial charge in [-0.25, -0.2) is 0 Å². The fourth-order valence-electron chi connectivity index (χ4n) is 1.98. The van der Waals surface area contributed by atoms with E-state index in [9.17, 15) is 9.59 Å². The Bertz CT molecular complexity index is 356. The first-order valence-electron chi connectivity index (χ1n) is 10.5. The second kappa shape index (κ2) is 24.0. The van der Waals surface area contributed by atoms with Crippen LogP contribution in [0.3, 0.4) is 0 Å². The lowest BCUT2D eigenvalue weighted by Gasteiger charge is -2.08. The van der Waals surface area contributed by atoms with Crippen molar-refractivity contribution in [2.75, 3.05) is 92.5 Å². The van der Waals surface area contributed by atoms with Crippen LogP contribution in [0.5, 0.6) is 0 Å². The Kier molecular flexibility index (Phi) is 22.9. The van der Waals surface area contributed by atoms with Crippen molar-refractivity contribution in [1.29, 1.82) is 0 Å². The highest BCUT2D eigenvalue weighted by Gasteiger charge is 2.01. The number of rotatable bonds is 23. The molecule has 0 radical (unpaired) electrons. The summed E-state index contributed by atoms with van der Waals surface area (Å²) in [6, 6.07) is 0. The van der Waals surface area contributed by atoms with Crippen molar-refractivity contribution >= 4 is 11.9 Å². The molecule has 0 fully saturated rings. The Hall–Kier alpha value is -1.30. The summed E-state index contributed by atoms with van der Waals surface area (Å²) in [7, 11) is 0. The van der Waals surface area contributed by atoms with Gasteiger partial charge in [0.1, 0.15) is 0 Å². The smallest absolute Gasteiger partial charge is 0.308 e. The summed E-state index contributed by atoms with van der Waals surface area (Å²) in [5, 5.41) is 0. The van der Waals surface area contributed by atoms with E-state index in [0.717, 1.165) is 0 Å². The molecule has 10 heteroatoms. The van der Waals surface area contributed by atoms with Crippen LogP contribution in [0, 0.1) is 0 Å². The number of carbonyl (C=O) groups is 2. The molecule has 0 amide bonds. The van der Waals surface area contributed by atoms with Gasteiger partial charge in [0.05, 0.1) is 105 Å². The molecule has 0 aliphatic carbocycles. The summed E-state index contributed by atoms with van der Waals surface area (Å²) in [5.74, 6) is -0.505. The van der Waals surface area contributed by atoms with Crippen LogP contribution in [0.4, 0.5) is 0 Å². The number of esters is 2. The van der Waals surface area contributed by atoms with Crippen LogP contribution in [0.25, 0.3) is 0 Å². The highest BCUT2D eigenvalue weighted by atomic mass is 16.6. The van der Waals surface area contributed by atoms with Crippen LogP contribution >= 0.6 is 0 Å². The number of ether oxygens (including phenoxy) is 8. The Morgan fingerprint density at radius 1 is 0.433 bits per heavy atom. The maximum Gasteiger partial charge on any atom is 0.308 e. The second-order valence-corrected chi connectivity index (χ2v) is 5.78. The lowest BCUT2D eigenvalue weighted by atomic mass is 10.5. The van der Waals surface area contributed by atoms with Crippen molar-refractivity contribution < 1.29 is 47.5 Å². The van der Waals surface area contributed by atoms with E-state index in [0.29, 0.717) is 92.5 Å². The third kappa shape index (κ3) is 23.0. The molecule has 0 saturated carbocycles. The summed E-state index contributed by atoms with van der Waals surface area (Å²) < 4.78 is 41.6. The third-order valence-corrected chi connectivity index (χ3v) is 3.37. The minimum atomic E-state index is -0.252. The van der Waals surface area contributed by atoms with Gasteiger partial charge in [-0.1, -0.05) is 0 Å². The Morgan fingerprint density at radius 2 is 0.667 bits per heavy atom. The predicted octanol–water partition coefficient (Wildman–Crippen LogP) is 0.992. The van der Waals surface area contributed by atoms with Crippen molar-refractivity contribution in [2.24, 2.45) is 0 Å². The van der Waals surface area contributed by atoms with Crippen LogP contribution in [0.1, 0.15) is 26.7 Å². The van der Waals surface area contributed by atoms with Gasteiger partial charge in [0.15, 0.2) is 0 Å². The first kappa shape index (κ1) is 28.7. The molecular formula is C20H38O10. The minimum Gasteiger partial charge on any atom is -0.466 e. The Morgan fingerprint density at radius 3 is 0.900 bits per heavy atom. The van der Waals surface area contributed by atoms with Crippen molar-refractivity contribution in [3.63, 3.8) is 0 Å². The normalized spacial score (nSPS) is 10.9. The highest BCUT2D eigenvalue weighted by Crippen LogP contribution is 1.90. The molecule has 0 N–H and O–H groups in total. The maximum atomic E-state index is 11.1. The van der Waals surface area contributed by atoms with Gasteiger partial charge in [-0.15, -0.1) is 0 Å². The van der Waals surface area contributed by atoms with Crippen LogP contribution < -0.4 is 0 Å². The largest absolute Gasteiger partial charge is 0.466 e. The van der Waals surface area contributed by atoms with Crippen LogP contribution in [-0.2, 0) is 47.5 Å². The summed E-state index contributed by atoms with van der Waals surface area (Å²) in [6.45, 7) is 9.61. The minimum absolute atomic E-state index is 0.252. The molecule has 0 aliphatic heterocycles. The lowest BCUT2D eigenvalue weighted by molar-refractivity contribution is -0.145. The highest BCUT2D eigenvalue weighted by molar-refractivity contribution is 5.69. The second-order valence-electron chi connectivity index (χ2n) is 5.78. The Balaban J connectivity index is 3.08. The molecule has 10 nitrogen and oxygen atoms in total. The molecule has 0 aromatic rings. The van der Waals surface area contributed by atoms with E-state index < -0.39 is 0 Å². The zero-order chi connectivity index (χ0) is 22.1. The van der Waals surface area contributed by atoms with Gasteiger partial charge in [-0.2, -0.15) is 0 Å². The Labute approximate surface area is 179 Å². The fourth-order valence-corrected chi connectivity index (χ4v) is 1.98. The number of hydrogen-bond donors (Lipinski definition) is 0. The average Bonchev–Trinajstić information content (AvgIpc) is 2.72. The van der Waals surface area contributed by atoms with Gasteiger partial charge in [-0.3, -0.25) is 9.59 Å². The summed E-state index contributed by atoms with van der Waals surface area (Å²) in [6.07, 6.45) is 0.514. The zero-order valence-corrected chi connectivity index (χ0v) is 18.4. The summed E-state index contributed by atoms with van der Waals surface area (Å²) in [5.41, 5.74) is 0. The number of carbonyl (C=O) groups excluding carboxylic acids is 2. The standard InChI is InChI=1S/C20H38O10/c1-3-29-19(21)5-7-23-9-11-25-13-15-27-17-18-28-16-14-26-12-10-24-8-6-20(22)30-4-2/h3-18H2,1-2H3. The quantitative estimate of drug-likeness (QED) is 0.169. The van der Waals surface area contributed by atoms with Gasteiger partial charge in [0.25, 0.3) is 0 Å². The molecule has 0 atom stereocenters. The summed E-state index contributed by atoms with van der Waals surface area (Å²) in [4.78, 5) is 22.2. The third-order valence-electron chi connectivity index (χ3n) is 3.37. The van der Waals surface area contributed by atoms with E-state index in [1.807, 2.05) is 0 Å². The van der Waals surface area contributed by atoms with Gasteiger partial charge in [-0.05, 0) is 13.8 Å². The fraction of sp³-hybridized carbons (Fsp3) is 0.900. The molecule has 0 aromatic carbocycles. The maximum absolute atomic E-state index is 11.1. The van der Waals surface area contributed by atoms with E-state index in [1.54, 1.807) is 13.8 Å². The van der Waals surface area contributed by atoms with E-state index in [1.165, 1.54) is 0 Å². The van der Waals surface area contributed by atoms with Gasteiger partial charge in [0.2, 0.25) is 0 Å². The summed E-state index contributed by atoms with van der Waals surface area (Å²) >= 11 is 0. The molecule has 0 aromatic heterocycles. The van der Waals surface area contributed by atoms with E-state index in [-0.39, 0.29) is 24.8 Å². The molecule has 0 heterocycles. The van der Waals surface area contributed by atoms with Crippen molar-refractivity contribution in [1.82, 2.24) is 0 Å². The molecule has 30 heavy (non-hydrogen) atoms. The van der Waals surface area contributed by atoms with E-state index >= 15 is 0 Å². The van der Waals surface area contributed by atoms with Crippen LogP contribution in [0.2, 0.25) is 0 Å². The topological polar surface area (TPSA) is 108 Å². The monoisotopic (exact) mass is 438 g/mol. The molecule has 178 valence electrons. The number of hydrogen-bond acceptors (Lipinski definition) is 10.